The molecular formula is C9H5BrF2N2. The number of halogens is 3. The zero-order chi connectivity index (χ0) is 10.1. The van der Waals surface area contributed by atoms with E-state index in [0.29, 0.717) is 0 Å². The van der Waals surface area contributed by atoms with Gasteiger partial charge in [-0.2, -0.15) is 5.10 Å². The van der Waals surface area contributed by atoms with Gasteiger partial charge in [-0.3, -0.25) is 0 Å². The van der Waals surface area contributed by atoms with Gasteiger partial charge in [0.05, 0.1) is 10.7 Å². The van der Waals surface area contributed by atoms with Gasteiger partial charge in [0.15, 0.2) is 5.82 Å². The Hall–Kier alpha value is -1.23. The molecule has 14 heavy (non-hydrogen) atoms. The average molecular weight is 259 g/mol. The van der Waals surface area contributed by atoms with E-state index in [9.17, 15) is 8.78 Å². The second-order valence-corrected chi connectivity index (χ2v) is 3.61. The summed E-state index contributed by atoms with van der Waals surface area (Å²) in [5, 5.41) is 3.88. The van der Waals surface area contributed by atoms with Crippen LogP contribution in [0.5, 0.6) is 0 Å². The van der Waals surface area contributed by atoms with Gasteiger partial charge in [-0.05, 0) is 28.1 Å². The van der Waals surface area contributed by atoms with Gasteiger partial charge in [0.2, 0.25) is 0 Å². The summed E-state index contributed by atoms with van der Waals surface area (Å²) in [7, 11) is 0. The molecule has 0 radical (unpaired) electrons. The smallest absolute Gasteiger partial charge is 0.151 e. The van der Waals surface area contributed by atoms with Crippen LogP contribution >= 0.6 is 15.9 Å². The van der Waals surface area contributed by atoms with Gasteiger partial charge in [0.1, 0.15) is 11.5 Å². The van der Waals surface area contributed by atoms with Crippen LogP contribution in [0.25, 0.3) is 5.69 Å². The van der Waals surface area contributed by atoms with Gasteiger partial charge in [0.25, 0.3) is 0 Å². The SMILES string of the molecule is Fc1ccc(-n2cc(Br)cn2)c(F)c1. The Morgan fingerprint density at radius 3 is 2.64 bits per heavy atom. The van der Waals surface area contributed by atoms with Crippen LogP contribution in [0, 0.1) is 11.6 Å². The van der Waals surface area contributed by atoms with Crippen molar-refractivity contribution >= 4 is 15.9 Å². The fourth-order valence-electron chi connectivity index (χ4n) is 1.10. The van der Waals surface area contributed by atoms with Gasteiger partial charge >= 0.3 is 0 Å². The van der Waals surface area contributed by atoms with Crippen molar-refractivity contribution in [3.63, 3.8) is 0 Å². The topological polar surface area (TPSA) is 17.8 Å². The molecule has 72 valence electrons. The van der Waals surface area contributed by atoms with Crippen LogP contribution in [0.3, 0.4) is 0 Å². The quantitative estimate of drug-likeness (QED) is 0.769. The summed E-state index contributed by atoms with van der Waals surface area (Å²) in [6.07, 6.45) is 3.12. The monoisotopic (exact) mass is 258 g/mol. The highest BCUT2D eigenvalue weighted by Crippen LogP contribution is 2.16. The summed E-state index contributed by atoms with van der Waals surface area (Å²) in [4.78, 5) is 0. The molecule has 1 aromatic carbocycles. The Labute approximate surface area is 87.3 Å². The Morgan fingerprint density at radius 1 is 1.29 bits per heavy atom. The molecule has 0 N–H and O–H groups in total. The zero-order valence-corrected chi connectivity index (χ0v) is 8.50. The third kappa shape index (κ3) is 1.68. The first kappa shape index (κ1) is 9.33. The van der Waals surface area contributed by atoms with Crippen LogP contribution in [0.4, 0.5) is 8.78 Å². The molecule has 0 saturated heterocycles. The summed E-state index contributed by atoms with van der Waals surface area (Å²) in [5.74, 6) is -1.24. The molecule has 0 aliphatic rings. The van der Waals surface area contributed by atoms with E-state index in [1.54, 1.807) is 6.20 Å². The molecule has 0 spiro atoms. The van der Waals surface area contributed by atoms with E-state index in [1.165, 1.54) is 23.0 Å². The molecule has 0 atom stereocenters. The van der Waals surface area contributed by atoms with Crippen molar-refractivity contribution in [3.8, 4) is 5.69 Å². The Balaban J connectivity index is 2.52. The van der Waals surface area contributed by atoms with Crippen molar-refractivity contribution in [1.82, 2.24) is 9.78 Å². The molecular weight excluding hydrogens is 254 g/mol. The van der Waals surface area contributed by atoms with Gasteiger partial charge in [-0.25, -0.2) is 13.5 Å². The minimum Gasteiger partial charge on any atom is -0.237 e. The lowest BCUT2D eigenvalue weighted by Crippen LogP contribution is -1.98. The molecule has 0 aliphatic carbocycles. The van der Waals surface area contributed by atoms with Crippen molar-refractivity contribution in [3.05, 3.63) is 46.7 Å². The van der Waals surface area contributed by atoms with Crippen LogP contribution in [0.2, 0.25) is 0 Å². The number of hydrogen-bond donors (Lipinski definition) is 0. The van der Waals surface area contributed by atoms with Gasteiger partial charge in [0, 0.05) is 12.3 Å². The molecule has 0 fully saturated rings. The maximum Gasteiger partial charge on any atom is 0.151 e. The van der Waals surface area contributed by atoms with Gasteiger partial charge < -0.3 is 0 Å². The Bertz CT molecular complexity index is 468. The minimum absolute atomic E-state index is 0.220. The Kier molecular flexibility index (Phi) is 2.33. The summed E-state index contributed by atoms with van der Waals surface area (Å²) >= 11 is 3.19. The molecule has 1 aromatic heterocycles. The molecule has 2 nitrogen and oxygen atoms in total. The predicted molar refractivity (Wildman–Crippen MR) is 51.2 cm³/mol. The largest absolute Gasteiger partial charge is 0.237 e. The molecule has 2 rings (SSSR count). The van der Waals surface area contributed by atoms with Crippen LogP contribution < -0.4 is 0 Å². The number of nitrogens with zero attached hydrogens (tertiary/aromatic N) is 2. The standard InChI is InChI=1S/C9H5BrF2N2/c10-6-4-13-14(5-6)9-2-1-7(11)3-8(9)12/h1-5H. The highest BCUT2D eigenvalue weighted by molar-refractivity contribution is 9.10. The van der Waals surface area contributed by atoms with E-state index in [-0.39, 0.29) is 5.69 Å². The number of benzene rings is 1. The normalized spacial score (nSPS) is 10.5. The second-order valence-electron chi connectivity index (χ2n) is 2.70. The van der Waals surface area contributed by atoms with Gasteiger partial charge in [-0.1, -0.05) is 0 Å². The predicted octanol–water partition coefficient (Wildman–Crippen LogP) is 2.91. The third-order valence-corrected chi connectivity index (χ3v) is 2.12. The summed E-state index contributed by atoms with van der Waals surface area (Å²) in [6.45, 7) is 0. The minimum atomic E-state index is -0.638. The molecule has 2 aromatic rings. The molecule has 0 aliphatic heterocycles. The molecule has 0 bridgehead atoms. The first-order valence-corrected chi connectivity index (χ1v) is 4.62. The molecule has 0 saturated carbocycles. The summed E-state index contributed by atoms with van der Waals surface area (Å²) < 4.78 is 27.9. The lowest BCUT2D eigenvalue weighted by atomic mass is 10.3. The third-order valence-electron chi connectivity index (χ3n) is 1.71. The van der Waals surface area contributed by atoms with E-state index in [4.69, 9.17) is 0 Å². The highest BCUT2D eigenvalue weighted by Gasteiger charge is 2.06. The molecule has 0 amide bonds. The molecule has 5 heteroatoms. The van der Waals surface area contributed by atoms with Crippen molar-refractivity contribution in [1.29, 1.82) is 0 Å². The fourth-order valence-corrected chi connectivity index (χ4v) is 1.39. The van der Waals surface area contributed by atoms with Crippen molar-refractivity contribution in [2.24, 2.45) is 0 Å². The Morgan fingerprint density at radius 2 is 2.07 bits per heavy atom. The van der Waals surface area contributed by atoms with Crippen LogP contribution in [0.1, 0.15) is 0 Å². The van der Waals surface area contributed by atoms with Crippen molar-refractivity contribution in [2.45, 2.75) is 0 Å². The zero-order valence-electron chi connectivity index (χ0n) is 6.92. The van der Waals surface area contributed by atoms with Crippen molar-refractivity contribution in [2.75, 3.05) is 0 Å². The molecule has 0 unspecified atom stereocenters. The summed E-state index contributed by atoms with van der Waals surface area (Å²) in [5.41, 5.74) is 0.220. The highest BCUT2D eigenvalue weighted by atomic mass is 79.9. The lowest BCUT2D eigenvalue weighted by Gasteiger charge is -2.01. The maximum atomic E-state index is 13.2. The fraction of sp³-hybridized carbons (Fsp3) is 0. The molecule has 1 heterocycles. The number of rotatable bonds is 1. The van der Waals surface area contributed by atoms with E-state index < -0.39 is 11.6 Å². The van der Waals surface area contributed by atoms with E-state index in [0.717, 1.165) is 10.5 Å². The average Bonchev–Trinajstić information content (AvgIpc) is 2.51. The second kappa shape index (κ2) is 3.49. The summed E-state index contributed by atoms with van der Waals surface area (Å²) in [6, 6.07) is 3.35. The van der Waals surface area contributed by atoms with Crippen LogP contribution in [0.15, 0.2) is 35.1 Å². The van der Waals surface area contributed by atoms with Gasteiger partial charge in [-0.15, -0.1) is 0 Å². The van der Waals surface area contributed by atoms with Crippen molar-refractivity contribution < 1.29 is 8.78 Å². The lowest BCUT2D eigenvalue weighted by molar-refractivity contribution is 0.573. The van der Waals surface area contributed by atoms with E-state index >= 15 is 0 Å². The first-order chi connectivity index (χ1) is 6.66. The van der Waals surface area contributed by atoms with E-state index in [2.05, 4.69) is 21.0 Å². The first-order valence-electron chi connectivity index (χ1n) is 3.82. The number of hydrogen-bond acceptors (Lipinski definition) is 1. The van der Waals surface area contributed by atoms with Crippen LogP contribution in [-0.2, 0) is 0 Å². The van der Waals surface area contributed by atoms with Crippen LogP contribution in [-0.4, -0.2) is 9.78 Å². The maximum absolute atomic E-state index is 13.2. The number of aromatic nitrogens is 2. The van der Waals surface area contributed by atoms with E-state index in [1.807, 2.05) is 0 Å².